The fourth-order valence-corrected chi connectivity index (χ4v) is 4.57. The fourth-order valence-electron chi connectivity index (χ4n) is 4.00. The van der Waals surface area contributed by atoms with Gasteiger partial charge in [-0.15, -0.1) is 0 Å². The van der Waals surface area contributed by atoms with Gasteiger partial charge in [-0.25, -0.2) is 17.6 Å². The van der Waals surface area contributed by atoms with E-state index in [1.165, 1.54) is 18.2 Å². The molecule has 1 aliphatic carbocycles. The van der Waals surface area contributed by atoms with Crippen molar-refractivity contribution in [2.24, 2.45) is 0 Å². The minimum Gasteiger partial charge on any atom is -0.446 e. The molecule has 33 heavy (non-hydrogen) atoms. The Kier molecular flexibility index (Phi) is 6.57. The number of carbonyl (C=O) groups is 1. The summed E-state index contributed by atoms with van der Waals surface area (Å²) in [6.07, 6.45) is 4.99. The number of carbonyl (C=O) groups excluding carboxylic acids is 1. The molecule has 0 unspecified atom stereocenters. The van der Waals surface area contributed by atoms with Crippen molar-refractivity contribution >= 4 is 27.5 Å². The van der Waals surface area contributed by atoms with Crippen molar-refractivity contribution in [3.8, 4) is 0 Å². The van der Waals surface area contributed by atoms with Crippen molar-refractivity contribution in [1.29, 1.82) is 0 Å². The number of anilines is 1. The monoisotopic (exact) mass is 475 g/mol. The van der Waals surface area contributed by atoms with Crippen LogP contribution in [0, 0.1) is 5.82 Å². The maximum Gasteiger partial charge on any atom is 0.407 e. The number of rotatable bonds is 6. The van der Waals surface area contributed by atoms with Gasteiger partial charge in [-0.2, -0.15) is 0 Å². The number of nitrogens with one attached hydrogen (secondary N) is 3. The van der Waals surface area contributed by atoms with Crippen LogP contribution in [0.5, 0.6) is 0 Å². The Bertz CT molecular complexity index is 1150. The molecule has 1 saturated carbocycles. The normalized spacial score (nSPS) is 22.4. The highest BCUT2D eigenvalue weighted by Gasteiger charge is 2.40. The van der Waals surface area contributed by atoms with Gasteiger partial charge < -0.3 is 10.1 Å². The minimum atomic E-state index is -3.58. The molecule has 1 heterocycles. The maximum absolute atomic E-state index is 14.1. The summed E-state index contributed by atoms with van der Waals surface area (Å²) in [5.74, 6) is -0.723. The van der Waals surface area contributed by atoms with Crippen molar-refractivity contribution in [1.82, 2.24) is 10.8 Å². The van der Waals surface area contributed by atoms with Crippen LogP contribution in [0.4, 0.5) is 14.9 Å². The van der Waals surface area contributed by atoms with Gasteiger partial charge in [0, 0.05) is 6.54 Å². The van der Waals surface area contributed by atoms with Gasteiger partial charge in [-0.3, -0.25) is 15.0 Å². The quantitative estimate of drug-likeness (QED) is 0.589. The van der Waals surface area contributed by atoms with E-state index in [0.29, 0.717) is 31.2 Å². The van der Waals surface area contributed by atoms with Crippen molar-refractivity contribution in [3.63, 3.8) is 0 Å². The van der Waals surface area contributed by atoms with Gasteiger partial charge >= 0.3 is 6.09 Å². The molecule has 4 rings (SSSR count). The van der Waals surface area contributed by atoms with Crippen molar-refractivity contribution < 1.29 is 27.2 Å². The summed E-state index contributed by atoms with van der Waals surface area (Å²) in [6, 6.07) is 13.9. The molecule has 1 fully saturated rings. The lowest BCUT2D eigenvalue weighted by molar-refractivity contribution is -0.0758. The first-order chi connectivity index (χ1) is 15.7. The van der Waals surface area contributed by atoms with E-state index in [1.54, 1.807) is 0 Å². The molecule has 0 radical (unpaired) electrons. The first kappa shape index (κ1) is 23.1. The summed E-state index contributed by atoms with van der Waals surface area (Å²) < 4.78 is 44.2. The van der Waals surface area contributed by atoms with Gasteiger partial charge in [-0.05, 0) is 55.0 Å². The van der Waals surface area contributed by atoms with Gasteiger partial charge in [0.2, 0.25) is 10.0 Å². The van der Waals surface area contributed by atoms with Crippen LogP contribution < -0.4 is 15.5 Å². The van der Waals surface area contributed by atoms with E-state index in [4.69, 9.17) is 9.57 Å². The van der Waals surface area contributed by atoms with Crippen LogP contribution in [0.3, 0.4) is 0 Å². The lowest BCUT2D eigenvalue weighted by atomic mass is 9.82. The lowest BCUT2D eigenvalue weighted by Crippen LogP contribution is -2.39. The first-order valence-corrected chi connectivity index (χ1v) is 12.5. The van der Waals surface area contributed by atoms with E-state index < -0.39 is 27.5 Å². The molecular formula is C23H26FN3O5S. The Morgan fingerprint density at radius 3 is 2.61 bits per heavy atom. The first-order valence-electron chi connectivity index (χ1n) is 10.6. The summed E-state index contributed by atoms with van der Waals surface area (Å²) in [4.78, 5) is 18.1. The summed E-state index contributed by atoms with van der Waals surface area (Å²) in [5.41, 5.74) is 4.96. The zero-order valence-electron chi connectivity index (χ0n) is 18.1. The third-order valence-corrected chi connectivity index (χ3v) is 6.27. The van der Waals surface area contributed by atoms with Gasteiger partial charge in [0.15, 0.2) is 0 Å². The molecule has 0 saturated heterocycles. The number of alkyl carbamates (subject to hydrolysis) is 1. The summed E-state index contributed by atoms with van der Waals surface area (Å²) >= 11 is 0. The van der Waals surface area contributed by atoms with E-state index in [2.05, 4.69) is 21.6 Å². The van der Waals surface area contributed by atoms with E-state index >= 15 is 0 Å². The Morgan fingerprint density at radius 1 is 1.21 bits per heavy atom. The molecule has 176 valence electrons. The Labute approximate surface area is 192 Å². The molecule has 1 spiro atoms. The van der Waals surface area contributed by atoms with Crippen molar-refractivity contribution in [3.05, 3.63) is 71.6 Å². The van der Waals surface area contributed by atoms with E-state index in [9.17, 15) is 17.6 Å². The highest BCUT2D eigenvalue weighted by molar-refractivity contribution is 7.92. The highest BCUT2D eigenvalue weighted by atomic mass is 32.2. The zero-order valence-corrected chi connectivity index (χ0v) is 19.0. The standard InChI is InChI=1S/C23H26FN3O5S/c1-33(29,30)27-20-8-7-16(13-19(20)24)15-25-22(28)31-18-9-11-23(12-10-18)14-21(26-32-23)17-5-3-2-4-6-17/h2-8,13-14,18,26-27H,9-12,15H2,1H3,(H,25,28). The molecule has 2 aromatic carbocycles. The van der Waals surface area contributed by atoms with Crippen LogP contribution in [0.25, 0.3) is 5.70 Å². The Balaban J connectivity index is 1.25. The fraction of sp³-hybridized carbons (Fsp3) is 0.348. The average molecular weight is 476 g/mol. The molecule has 0 atom stereocenters. The SMILES string of the molecule is CS(=O)(=O)Nc1ccc(CNC(=O)OC2CCC3(C=C(c4ccccc4)NO3)CC2)cc1F. The molecular weight excluding hydrogens is 449 g/mol. The van der Waals surface area contributed by atoms with Crippen LogP contribution in [-0.2, 0) is 26.1 Å². The van der Waals surface area contributed by atoms with Crippen molar-refractivity contribution in [2.45, 2.75) is 43.9 Å². The summed E-state index contributed by atoms with van der Waals surface area (Å²) in [6.45, 7) is 0.0573. The van der Waals surface area contributed by atoms with Crippen LogP contribution in [0.1, 0.15) is 36.8 Å². The van der Waals surface area contributed by atoms with Crippen LogP contribution in [0.15, 0.2) is 54.6 Å². The minimum absolute atomic E-state index is 0.0573. The number of benzene rings is 2. The number of hydrogen-bond donors (Lipinski definition) is 3. The van der Waals surface area contributed by atoms with Crippen molar-refractivity contribution in [2.75, 3.05) is 11.0 Å². The molecule has 1 amide bonds. The van der Waals surface area contributed by atoms with Crippen LogP contribution in [-0.4, -0.2) is 32.5 Å². The predicted octanol–water partition coefficient (Wildman–Crippen LogP) is 3.68. The lowest BCUT2D eigenvalue weighted by Gasteiger charge is -2.33. The molecule has 8 nitrogen and oxygen atoms in total. The second kappa shape index (κ2) is 9.40. The smallest absolute Gasteiger partial charge is 0.407 e. The second-order valence-corrected chi connectivity index (χ2v) is 10.1. The van der Waals surface area contributed by atoms with Gasteiger partial charge in [0.1, 0.15) is 17.5 Å². The highest BCUT2D eigenvalue weighted by Crippen LogP contribution is 2.39. The Morgan fingerprint density at radius 2 is 1.94 bits per heavy atom. The van der Waals surface area contributed by atoms with E-state index in [1.807, 2.05) is 30.3 Å². The van der Waals surface area contributed by atoms with E-state index in [0.717, 1.165) is 17.5 Å². The molecule has 10 heteroatoms. The Hall–Kier alpha value is -3.11. The predicted molar refractivity (Wildman–Crippen MR) is 122 cm³/mol. The topological polar surface area (TPSA) is 106 Å². The third-order valence-electron chi connectivity index (χ3n) is 5.67. The van der Waals surface area contributed by atoms with E-state index in [-0.39, 0.29) is 18.3 Å². The number of ether oxygens (including phenoxy) is 1. The zero-order chi connectivity index (χ0) is 23.5. The molecule has 2 aliphatic rings. The summed E-state index contributed by atoms with van der Waals surface area (Å²) in [7, 11) is -3.58. The largest absolute Gasteiger partial charge is 0.446 e. The number of hydrogen-bond acceptors (Lipinski definition) is 6. The van der Waals surface area contributed by atoms with Crippen LogP contribution in [0.2, 0.25) is 0 Å². The molecule has 0 bridgehead atoms. The maximum atomic E-state index is 14.1. The second-order valence-electron chi connectivity index (χ2n) is 8.34. The third kappa shape index (κ3) is 6.02. The van der Waals surface area contributed by atoms with Gasteiger partial charge in [0.05, 0.1) is 17.6 Å². The number of hydroxylamine groups is 1. The molecule has 3 N–H and O–H groups in total. The van der Waals surface area contributed by atoms with Gasteiger partial charge in [-0.1, -0.05) is 36.4 Å². The van der Waals surface area contributed by atoms with Gasteiger partial charge in [0.25, 0.3) is 0 Å². The number of amides is 1. The number of halogens is 1. The molecule has 0 aromatic heterocycles. The summed E-state index contributed by atoms with van der Waals surface area (Å²) in [5, 5.41) is 2.61. The van der Waals surface area contributed by atoms with Crippen LogP contribution >= 0.6 is 0 Å². The molecule has 2 aromatic rings. The average Bonchev–Trinajstić information content (AvgIpc) is 3.19. The number of sulfonamides is 1. The molecule has 1 aliphatic heterocycles.